The standard InChI is InChI=1S/C86H168O17P2/c1-7-9-11-13-15-17-19-21-25-34-40-46-52-58-64-70-85(90)102-81(74-96-83(88)68-62-56-50-44-38-30-20-18-16-14-12-10-8-2)76-100-104(92,93)98-72-80(87)73-99-105(94,95)101-77-82(75-97-84(89)69-63-57-51-45-39-33-29-24-27-32-37-43-49-55-61-67-79(5)6)103-86(91)71-65-59-53-47-41-35-28-23-22-26-31-36-42-48-54-60-66-78(3)4/h78-82,87H,7-77H2,1-6H3,(H,92,93)(H,94,95)/t80-,81+,82+/m0/s1. The van der Waals surface area contributed by atoms with E-state index in [0.717, 1.165) is 102 Å². The Morgan fingerprint density at radius 3 is 0.648 bits per heavy atom. The molecule has 0 heterocycles. The first kappa shape index (κ1) is 103. The number of rotatable bonds is 85. The molecule has 0 aliphatic carbocycles. The maximum absolute atomic E-state index is 13.2. The van der Waals surface area contributed by atoms with E-state index in [0.29, 0.717) is 25.7 Å². The Morgan fingerprint density at radius 2 is 0.438 bits per heavy atom. The van der Waals surface area contributed by atoms with Gasteiger partial charge in [-0.1, -0.05) is 408 Å². The van der Waals surface area contributed by atoms with Crippen LogP contribution < -0.4 is 0 Å². The van der Waals surface area contributed by atoms with Gasteiger partial charge in [0.2, 0.25) is 0 Å². The molecule has 0 spiro atoms. The maximum Gasteiger partial charge on any atom is 0.472 e. The van der Waals surface area contributed by atoms with E-state index in [1.54, 1.807) is 0 Å². The molecule has 0 radical (unpaired) electrons. The molecule has 0 aliphatic heterocycles. The number of aliphatic hydroxyl groups is 1. The van der Waals surface area contributed by atoms with Gasteiger partial charge in [-0.15, -0.1) is 0 Å². The van der Waals surface area contributed by atoms with Crippen molar-refractivity contribution in [1.82, 2.24) is 0 Å². The molecule has 5 atom stereocenters. The summed E-state index contributed by atoms with van der Waals surface area (Å²) in [6.07, 6.45) is 69.2. The minimum Gasteiger partial charge on any atom is -0.462 e. The second-order valence-corrected chi connectivity index (χ2v) is 34.8. The van der Waals surface area contributed by atoms with Crippen LogP contribution in [0.5, 0.6) is 0 Å². The van der Waals surface area contributed by atoms with Crippen molar-refractivity contribution in [1.29, 1.82) is 0 Å². The zero-order valence-electron chi connectivity index (χ0n) is 69.0. The molecule has 0 aromatic rings. The fourth-order valence-corrected chi connectivity index (χ4v) is 15.0. The van der Waals surface area contributed by atoms with Gasteiger partial charge in [0.25, 0.3) is 0 Å². The molecule has 0 amide bonds. The maximum atomic E-state index is 13.2. The minimum absolute atomic E-state index is 0.109. The molecule has 0 aromatic heterocycles. The van der Waals surface area contributed by atoms with E-state index in [9.17, 15) is 43.2 Å². The molecular weight excluding hydrogens is 1370 g/mol. The van der Waals surface area contributed by atoms with Gasteiger partial charge in [0.1, 0.15) is 19.3 Å². The third kappa shape index (κ3) is 79.9. The lowest BCUT2D eigenvalue weighted by Gasteiger charge is -2.21. The highest BCUT2D eigenvalue weighted by atomic mass is 31.2. The third-order valence-corrected chi connectivity index (χ3v) is 22.1. The van der Waals surface area contributed by atoms with E-state index in [-0.39, 0.29) is 25.7 Å². The highest BCUT2D eigenvalue weighted by molar-refractivity contribution is 7.47. The Kier molecular flexibility index (Phi) is 76.0. The predicted molar refractivity (Wildman–Crippen MR) is 432 cm³/mol. The van der Waals surface area contributed by atoms with Gasteiger partial charge >= 0.3 is 39.5 Å². The first-order valence-electron chi connectivity index (χ1n) is 44.5. The number of aliphatic hydroxyl groups excluding tert-OH is 1. The molecule has 17 nitrogen and oxygen atoms in total. The first-order chi connectivity index (χ1) is 50.9. The summed E-state index contributed by atoms with van der Waals surface area (Å²) in [5.41, 5.74) is 0. The van der Waals surface area contributed by atoms with Gasteiger partial charge < -0.3 is 33.8 Å². The number of hydrogen-bond acceptors (Lipinski definition) is 15. The van der Waals surface area contributed by atoms with E-state index in [1.807, 2.05) is 0 Å². The van der Waals surface area contributed by atoms with Crippen LogP contribution in [0.1, 0.15) is 459 Å². The van der Waals surface area contributed by atoms with Gasteiger partial charge in [0.15, 0.2) is 12.2 Å². The highest BCUT2D eigenvalue weighted by Gasteiger charge is 2.30. The van der Waals surface area contributed by atoms with Crippen molar-refractivity contribution >= 4 is 39.5 Å². The Balaban J connectivity index is 5.26. The van der Waals surface area contributed by atoms with Crippen LogP contribution in [-0.2, 0) is 65.4 Å². The quantitative estimate of drug-likeness (QED) is 0.0222. The van der Waals surface area contributed by atoms with Gasteiger partial charge in [0, 0.05) is 25.7 Å². The molecular formula is C86H168O17P2. The summed E-state index contributed by atoms with van der Waals surface area (Å²) < 4.78 is 68.9. The van der Waals surface area contributed by atoms with Gasteiger partial charge in [-0.25, -0.2) is 9.13 Å². The van der Waals surface area contributed by atoms with Crippen molar-refractivity contribution in [3.63, 3.8) is 0 Å². The summed E-state index contributed by atoms with van der Waals surface area (Å²) >= 11 is 0. The summed E-state index contributed by atoms with van der Waals surface area (Å²) in [5.74, 6) is -0.483. The molecule has 624 valence electrons. The molecule has 105 heavy (non-hydrogen) atoms. The molecule has 3 N–H and O–H groups in total. The highest BCUT2D eigenvalue weighted by Crippen LogP contribution is 2.45. The van der Waals surface area contributed by atoms with Crippen LogP contribution >= 0.6 is 15.6 Å². The topological polar surface area (TPSA) is 237 Å². The second-order valence-electron chi connectivity index (χ2n) is 31.9. The van der Waals surface area contributed by atoms with Crippen LogP contribution in [0.25, 0.3) is 0 Å². The van der Waals surface area contributed by atoms with Crippen molar-refractivity contribution in [2.24, 2.45) is 11.8 Å². The van der Waals surface area contributed by atoms with Crippen molar-refractivity contribution < 1.29 is 80.2 Å². The van der Waals surface area contributed by atoms with Crippen LogP contribution in [0.4, 0.5) is 0 Å². The number of ether oxygens (including phenoxy) is 4. The number of esters is 4. The fourth-order valence-electron chi connectivity index (χ4n) is 13.4. The van der Waals surface area contributed by atoms with Crippen LogP contribution in [0, 0.1) is 11.8 Å². The second kappa shape index (κ2) is 77.4. The summed E-state index contributed by atoms with van der Waals surface area (Å²) in [6.45, 7) is 9.74. The van der Waals surface area contributed by atoms with Gasteiger partial charge in [-0.05, 0) is 37.5 Å². The molecule has 19 heteroatoms. The molecule has 0 saturated carbocycles. The number of phosphoric acid groups is 2. The zero-order chi connectivity index (χ0) is 77.1. The minimum atomic E-state index is -4.97. The molecule has 0 aliphatic rings. The van der Waals surface area contributed by atoms with Crippen molar-refractivity contribution in [3.8, 4) is 0 Å². The van der Waals surface area contributed by atoms with Crippen LogP contribution in [0.15, 0.2) is 0 Å². The van der Waals surface area contributed by atoms with Crippen molar-refractivity contribution in [2.45, 2.75) is 477 Å². The number of hydrogen-bond donors (Lipinski definition) is 3. The first-order valence-corrected chi connectivity index (χ1v) is 47.5. The lowest BCUT2D eigenvalue weighted by atomic mass is 10.0. The Hall–Kier alpha value is -1.94. The fraction of sp³-hybridized carbons (Fsp3) is 0.953. The van der Waals surface area contributed by atoms with E-state index in [4.69, 9.17) is 37.0 Å². The van der Waals surface area contributed by atoms with Gasteiger partial charge in [-0.2, -0.15) is 0 Å². The number of unbranched alkanes of at least 4 members (excludes halogenated alkanes) is 55. The van der Waals surface area contributed by atoms with E-state index >= 15 is 0 Å². The number of phosphoric ester groups is 2. The number of carbonyl (C=O) groups excluding carboxylic acids is 4. The zero-order valence-corrected chi connectivity index (χ0v) is 70.8. The predicted octanol–water partition coefficient (Wildman–Crippen LogP) is 26.2. The average Bonchev–Trinajstić information content (AvgIpc) is 0.917. The van der Waals surface area contributed by atoms with E-state index in [2.05, 4.69) is 41.5 Å². The Morgan fingerprint density at radius 1 is 0.257 bits per heavy atom. The average molecular weight is 1540 g/mol. The van der Waals surface area contributed by atoms with Crippen molar-refractivity contribution in [3.05, 3.63) is 0 Å². The molecule has 0 saturated heterocycles. The smallest absolute Gasteiger partial charge is 0.462 e. The molecule has 2 unspecified atom stereocenters. The lowest BCUT2D eigenvalue weighted by Crippen LogP contribution is -2.30. The van der Waals surface area contributed by atoms with E-state index in [1.165, 1.54) is 276 Å². The molecule has 0 aromatic carbocycles. The van der Waals surface area contributed by atoms with E-state index < -0.39 is 97.5 Å². The molecule has 0 rings (SSSR count). The van der Waals surface area contributed by atoms with Gasteiger partial charge in [0.05, 0.1) is 26.4 Å². The molecule has 0 bridgehead atoms. The normalized spacial score (nSPS) is 13.8. The summed E-state index contributed by atoms with van der Waals surface area (Å²) in [6, 6.07) is 0. The molecule has 0 fully saturated rings. The van der Waals surface area contributed by atoms with Crippen molar-refractivity contribution in [2.75, 3.05) is 39.6 Å². The van der Waals surface area contributed by atoms with Gasteiger partial charge in [-0.3, -0.25) is 37.3 Å². The largest absolute Gasteiger partial charge is 0.472 e. The van der Waals surface area contributed by atoms with Crippen LogP contribution in [0.2, 0.25) is 0 Å². The lowest BCUT2D eigenvalue weighted by molar-refractivity contribution is -0.161. The van der Waals surface area contributed by atoms with Crippen LogP contribution in [-0.4, -0.2) is 96.7 Å². The third-order valence-electron chi connectivity index (χ3n) is 20.2. The summed E-state index contributed by atoms with van der Waals surface area (Å²) in [4.78, 5) is 73.3. The number of carbonyl (C=O) groups is 4. The van der Waals surface area contributed by atoms with Crippen LogP contribution in [0.3, 0.4) is 0 Å². The summed E-state index contributed by atoms with van der Waals surface area (Å²) in [5, 5.41) is 10.7. The summed E-state index contributed by atoms with van der Waals surface area (Å²) in [7, 11) is -9.93. The SMILES string of the molecule is CCCCCCCCCCCCCCCCCC(=O)O[C@H](COC(=O)CCCCCCCCCCCCCCC)COP(=O)(O)OC[C@H](O)COP(=O)(O)OC[C@@H](COC(=O)CCCCCCCCCCCCCCCCCC(C)C)OC(=O)CCCCCCCCCCCCCCCCCCC(C)C. The Bertz CT molecular complexity index is 2010. The monoisotopic (exact) mass is 1540 g/mol. The Labute approximate surface area is 645 Å².